The Bertz CT molecular complexity index is 817. The summed E-state index contributed by atoms with van der Waals surface area (Å²) in [7, 11) is -1.49. The summed E-state index contributed by atoms with van der Waals surface area (Å²) < 4.78 is 27.2. The predicted molar refractivity (Wildman–Crippen MR) is 132 cm³/mol. The molecule has 2 heterocycles. The molecule has 168 valence electrons. The Morgan fingerprint density at radius 2 is 1.77 bits per heavy atom. The molecule has 30 heavy (non-hydrogen) atoms. The van der Waals surface area contributed by atoms with Gasteiger partial charge in [0.1, 0.15) is 0 Å². The highest BCUT2D eigenvalue weighted by Gasteiger charge is 2.41. The SMILES string of the molecule is CN=C(NCC1CCN(S(=O)(=O)c2ccccc2)CC1)N1CCC2(CCCC2)C1.I. The zero-order chi connectivity index (χ0) is 20.3. The van der Waals surface area contributed by atoms with Crippen LogP contribution in [0.3, 0.4) is 0 Å². The molecule has 4 rings (SSSR count). The molecule has 0 amide bonds. The number of sulfonamides is 1. The Labute approximate surface area is 198 Å². The van der Waals surface area contributed by atoms with Crippen molar-refractivity contribution in [1.82, 2.24) is 14.5 Å². The molecule has 6 nitrogen and oxygen atoms in total. The molecule has 0 atom stereocenters. The zero-order valence-corrected chi connectivity index (χ0v) is 21.1. The van der Waals surface area contributed by atoms with E-state index in [-0.39, 0.29) is 24.0 Å². The monoisotopic (exact) mass is 546 g/mol. The van der Waals surface area contributed by atoms with Crippen molar-refractivity contribution in [3.05, 3.63) is 30.3 Å². The van der Waals surface area contributed by atoms with E-state index >= 15 is 0 Å². The van der Waals surface area contributed by atoms with E-state index in [2.05, 4.69) is 15.2 Å². The van der Waals surface area contributed by atoms with Crippen LogP contribution in [0.15, 0.2) is 40.2 Å². The highest BCUT2D eigenvalue weighted by molar-refractivity contribution is 14.0. The van der Waals surface area contributed by atoms with Gasteiger partial charge in [0.05, 0.1) is 4.90 Å². The number of likely N-dealkylation sites (tertiary alicyclic amines) is 1. The van der Waals surface area contributed by atoms with Gasteiger partial charge in [-0.25, -0.2) is 8.42 Å². The van der Waals surface area contributed by atoms with E-state index in [1.54, 1.807) is 28.6 Å². The molecule has 3 aliphatic rings. The number of guanidine groups is 1. The van der Waals surface area contributed by atoms with Gasteiger partial charge in [0.2, 0.25) is 10.0 Å². The quantitative estimate of drug-likeness (QED) is 0.357. The van der Waals surface area contributed by atoms with Gasteiger partial charge in [-0.15, -0.1) is 24.0 Å². The van der Waals surface area contributed by atoms with E-state index in [4.69, 9.17) is 0 Å². The van der Waals surface area contributed by atoms with Crippen LogP contribution in [-0.4, -0.2) is 63.4 Å². The molecule has 1 aromatic rings. The molecule has 1 aliphatic carbocycles. The summed E-state index contributed by atoms with van der Waals surface area (Å²) in [6.45, 7) is 4.30. The van der Waals surface area contributed by atoms with Crippen LogP contribution in [0.25, 0.3) is 0 Å². The first-order chi connectivity index (χ1) is 14.0. The fourth-order valence-corrected chi connectivity index (χ4v) is 6.80. The van der Waals surface area contributed by atoms with Gasteiger partial charge in [-0.3, -0.25) is 4.99 Å². The van der Waals surface area contributed by atoms with Crippen molar-refractivity contribution < 1.29 is 8.42 Å². The summed E-state index contributed by atoms with van der Waals surface area (Å²) in [5, 5.41) is 3.58. The van der Waals surface area contributed by atoms with Gasteiger partial charge in [0.25, 0.3) is 0 Å². The second kappa shape index (κ2) is 10.2. The summed E-state index contributed by atoms with van der Waals surface area (Å²) in [6, 6.07) is 8.77. The third-order valence-corrected chi connectivity index (χ3v) is 9.03. The lowest BCUT2D eigenvalue weighted by Crippen LogP contribution is -2.45. The van der Waals surface area contributed by atoms with Gasteiger partial charge < -0.3 is 10.2 Å². The minimum Gasteiger partial charge on any atom is -0.356 e. The van der Waals surface area contributed by atoms with E-state index in [9.17, 15) is 8.42 Å². The van der Waals surface area contributed by atoms with Crippen molar-refractivity contribution in [2.45, 2.75) is 49.8 Å². The van der Waals surface area contributed by atoms with Crippen molar-refractivity contribution in [3.63, 3.8) is 0 Å². The maximum absolute atomic E-state index is 12.8. The molecular formula is C22H35IN4O2S. The van der Waals surface area contributed by atoms with Crippen molar-refractivity contribution in [2.75, 3.05) is 39.8 Å². The van der Waals surface area contributed by atoms with Gasteiger partial charge in [0, 0.05) is 39.8 Å². The van der Waals surface area contributed by atoms with Crippen molar-refractivity contribution >= 4 is 40.0 Å². The highest BCUT2D eigenvalue weighted by Crippen LogP contribution is 2.45. The van der Waals surface area contributed by atoms with E-state index in [1.807, 2.05) is 13.1 Å². The Hall–Kier alpha value is -0.870. The average Bonchev–Trinajstić information content (AvgIpc) is 3.39. The first-order valence-electron chi connectivity index (χ1n) is 11.0. The van der Waals surface area contributed by atoms with E-state index < -0.39 is 10.0 Å². The Kier molecular flexibility index (Phi) is 8.06. The molecule has 0 unspecified atom stereocenters. The third-order valence-electron chi connectivity index (χ3n) is 7.12. The lowest BCUT2D eigenvalue weighted by atomic mass is 9.86. The van der Waals surface area contributed by atoms with Gasteiger partial charge in [-0.05, 0) is 55.6 Å². The van der Waals surface area contributed by atoms with Crippen molar-refractivity contribution in [2.24, 2.45) is 16.3 Å². The summed E-state index contributed by atoms with van der Waals surface area (Å²) >= 11 is 0. The first-order valence-corrected chi connectivity index (χ1v) is 12.5. The third kappa shape index (κ3) is 5.12. The van der Waals surface area contributed by atoms with Gasteiger partial charge in [0.15, 0.2) is 5.96 Å². The number of nitrogens with zero attached hydrogens (tertiary/aromatic N) is 3. The Morgan fingerprint density at radius 3 is 2.40 bits per heavy atom. The number of hydrogen-bond acceptors (Lipinski definition) is 3. The molecule has 1 aromatic carbocycles. The van der Waals surface area contributed by atoms with Crippen LogP contribution in [0.5, 0.6) is 0 Å². The molecule has 3 fully saturated rings. The highest BCUT2D eigenvalue weighted by atomic mass is 127. The van der Waals surface area contributed by atoms with Crippen LogP contribution < -0.4 is 5.32 Å². The van der Waals surface area contributed by atoms with Crippen molar-refractivity contribution in [1.29, 1.82) is 0 Å². The molecule has 1 N–H and O–H groups in total. The standard InChI is InChI=1S/C22H34N4O2S.HI/c1-23-21(25-16-13-22(18-25)11-5-6-12-22)24-17-19-9-14-26(15-10-19)29(27,28)20-7-3-2-4-8-20;/h2-4,7-8,19H,5-6,9-18H2,1H3,(H,23,24);1H. The molecule has 1 spiro atoms. The topological polar surface area (TPSA) is 65.0 Å². The molecule has 0 radical (unpaired) electrons. The lowest BCUT2D eigenvalue weighted by Gasteiger charge is -2.32. The van der Waals surface area contributed by atoms with Crippen LogP contribution in [0.4, 0.5) is 0 Å². The minimum atomic E-state index is -3.37. The average molecular weight is 547 g/mol. The first kappa shape index (κ1) is 23.8. The summed E-state index contributed by atoms with van der Waals surface area (Å²) in [5.74, 6) is 1.50. The molecular weight excluding hydrogens is 511 g/mol. The van der Waals surface area contributed by atoms with Gasteiger partial charge in [-0.1, -0.05) is 31.0 Å². The summed E-state index contributed by atoms with van der Waals surface area (Å²) in [6.07, 6.45) is 8.57. The molecule has 0 aromatic heterocycles. The van der Waals surface area contributed by atoms with Crippen molar-refractivity contribution in [3.8, 4) is 0 Å². The minimum absolute atomic E-state index is 0. The predicted octanol–water partition coefficient (Wildman–Crippen LogP) is 3.55. The van der Waals surface area contributed by atoms with Crippen LogP contribution in [0, 0.1) is 11.3 Å². The number of benzene rings is 1. The maximum atomic E-state index is 12.8. The number of rotatable bonds is 4. The Morgan fingerprint density at radius 1 is 1.10 bits per heavy atom. The number of halogens is 1. The molecule has 2 saturated heterocycles. The van der Waals surface area contributed by atoms with E-state index in [1.165, 1.54) is 32.1 Å². The fourth-order valence-electron chi connectivity index (χ4n) is 5.31. The van der Waals surface area contributed by atoms with Gasteiger partial charge in [-0.2, -0.15) is 4.31 Å². The van der Waals surface area contributed by atoms with Crippen LogP contribution in [0.2, 0.25) is 0 Å². The normalized spacial score (nSPS) is 23.0. The van der Waals surface area contributed by atoms with E-state index in [0.717, 1.165) is 38.4 Å². The summed E-state index contributed by atoms with van der Waals surface area (Å²) in [5.41, 5.74) is 0.536. The van der Waals surface area contributed by atoms with Crippen LogP contribution in [0.1, 0.15) is 44.9 Å². The van der Waals surface area contributed by atoms with Crippen LogP contribution in [-0.2, 0) is 10.0 Å². The molecule has 2 aliphatic heterocycles. The molecule has 0 bridgehead atoms. The molecule has 1 saturated carbocycles. The van der Waals surface area contributed by atoms with Gasteiger partial charge >= 0.3 is 0 Å². The number of piperidine rings is 1. The number of nitrogens with one attached hydrogen (secondary N) is 1. The smallest absolute Gasteiger partial charge is 0.243 e. The largest absolute Gasteiger partial charge is 0.356 e. The summed E-state index contributed by atoms with van der Waals surface area (Å²) in [4.78, 5) is 7.35. The second-order valence-corrected chi connectivity index (χ2v) is 10.9. The maximum Gasteiger partial charge on any atom is 0.243 e. The second-order valence-electron chi connectivity index (χ2n) is 8.97. The van der Waals surface area contributed by atoms with E-state index in [0.29, 0.717) is 29.3 Å². The molecule has 8 heteroatoms. The number of hydrogen-bond donors (Lipinski definition) is 1. The zero-order valence-electron chi connectivity index (χ0n) is 17.9. The fraction of sp³-hybridized carbons (Fsp3) is 0.682. The number of aliphatic imine (C=N–C) groups is 1. The lowest BCUT2D eigenvalue weighted by molar-refractivity contribution is 0.270. The van der Waals surface area contributed by atoms with Crippen LogP contribution >= 0.6 is 24.0 Å². The Balaban J connectivity index is 0.00000256.